The summed E-state index contributed by atoms with van der Waals surface area (Å²) in [6.45, 7) is 1.13. The van der Waals surface area contributed by atoms with Gasteiger partial charge in [0, 0.05) is 12.2 Å². The van der Waals surface area contributed by atoms with Gasteiger partial charge in [0.1, 0.15) is 0 Å². The molecule has 0 radical (unpaired) electrons. The Hall–Kier alpha value is -3.42. The van der Waals surface area contributed by atoms with Crippen LogP contribution in [0.15, 0.2) is 115 Å². The van der Waals surface area contributed by atoms with Crippen LogP contribution in [0.4, 0.5) is 5.69 Å². The van der Waals surface area contributed by atoms with E-state index in [1.54, 1.807) is 0 Å². The molecule has 0 aliphatic carbocycles. The maximum atomic E-state index is 13.0. The lowest BCUT2D eigenvalue weighted by atomic mass is 10.2. The van der Waals surface area contributed by atoms with E-state index in [1.807, 2.05) is 84.9 Å². The lowest BCUT2D eigenvalue weighted by Gasteiger charge is -2.21. The lowest BCUT2D eigenvalue weighted by molar-refractivity contribution is 0.0505. The Bertz CT molecular complexity index is 1080. The average molecular weight is 439 g/mol. The molecule has 0 amide bonds. The van der Waals surface area contributed by atoms with Crippen molar-refractivity contribution < 1.29 is 9.53 Å². The predicted octanol–water partition coefficient (Wildman–Crippen LogP) is 5.10. The number of anilines is 1. The smallest absolute Gasteiger partial charge is 0.338 e. The lowest BCUT2D eigenvalue weighted by Crippen LogP contribution is -2.26. The predicted molar refractivity (Wildman–Crippen MR) is 135 cm³/mol. The van der Waals surface area contributed by atoms with E-state index in [4.69, 9.17) is 4.74 Å². The molecular formula is C28H26NO2P. The molecule has 0 aliphatic heterocycles. The number of carbonyl (C=O) groups is 1. The van der Waals surface area contributed by atoms with Crippen LogP contribution in [0.25, 0.3) is 0 Å². The Labute approximate surface area is 190 Å². The number of benzene rings is 4. The van der Waals surface area contributed by atoms with Gasteiger partial charge in [-0.1, -0.05) is 97.1 Å². The van der Waals surface area contributed by atoms with Crippen LogP contribution < -0.4 is 21.2 Å². The first-order valence-corrected chi connectivity index (χ1v) is 12.1. The normalized spacial score (nSPS) is 10.7. The van der Waals surface area contributed by atoms with E-state index in [0.29, 0.717) is 12.2 Å². The molecule has 4 aromatic rings. The Balaban J connectivity index is 1.49. The topological polar surface area (TPSA) is 38.3 Å². The number of carbonyl (C=O) groups excluding carboxylic acids is 1. The minimum absolute atomic E-state index is 0.264. The summed E-state index contributed by atoms with van der Waals surface area (Å²) in [6.07, 6.45) is 0.745. The fourth-order valence-electron chi connectivity index (χ4n) is 3.53. The molecule has 4 heteroatoms. The molecule has 0 aliphatic rings. The van der Waals surface area contributed by atoms with Crippen LogP contribution in [0, 0.1) is 0 Å². The third-order valence-corrected chi connectivity index (χ3v) is 7.55. The molecule has 0 spiro atoms. The highest BCUT2D eigenvalue weighted by atomic mass is 31.1. The van der Waals surface area contributed by atoms with Crippen LogP contribution in [0.2, 0.25) is 0 Å². The summed E-state index contributed by atoms with van der Waals surface area (Å²) in [5.41, 5.74) is 1.71. The van der Waals surface area contributed by atoms with Crippen LogP contribution in [-0.2, 0) is 4.74 Å². The summed E-state index contributed by atoms with van der Waals surface area (Å²) in [4.78, 5) is 13.0. The zero-order valence-electron chi connectivity index (χ0n) is 17.9. The Morgan fingerprint density at radius 1 is 0.688 bits per heavy atom. The monoisotopic (exact) mass is 439 g/mol. The van der Waals surface area contributed by atoms with Crippen molar-refractivity contribution >= 4 is 35.5 Å². The van der Waals surface area contributed by atoms with Gasteiger partial charge in [-0.3, -0.25) is 0 Å². The first kappa shape index (κ1) is 21.8. The quantitative estimate of drug-likeness (QED) is 0.224. The summed E-state index contributed by atoms with van der Waals surface area (Å²) in [6, 6.07) is 38.6. The molecule has 0 unspecified atom stereocenters. The summed E-state index contributed by atoms with van der Waals surface area (Å²) in [5, 5.41) is 6.78. The van der Waals surface area contributed by atoms with E-state index in [1.165, 1.54) is 10.6 Å². The minimum atomic E-state index is -0.864. The van der Waals surface area contributed by atoms with Gasteiger partial charge in [0.2, 0.25) is 0 Å². The first-order chi connectivity index (χ1) is 15.8. The molecule has 0 bridgehead atoms. The molecule has 1 N–H and O–H groups in total. The Kier molecular flexibility index (Phi) is 7.68. The highest BCUT2D eigenvalue weighted by molar-refractivity contribution is 7.80. The summed E-state index contributed by atoms with van der Waals surface area (Å²) in [5.74, 6) is -0.264. The maximum Gasteiger partial charge on any atom is 0.338 e. The number of hydrogen-bond acceptors (Lipinski definition) is 3. The summed E-state index contributed by atoms with van der Waals surface area (Å²) >= 11 is 0. The zero-order chi connectivity index (χ0) is 22.0. The van der Waals surface area contributed by atoms with Crippen LogP contribution in [-0.4, -0.2) is 19.1 Å². The molecule has 4 aromatic carbocycles. The highest BCUT2D eigenvalue weighted by Gasteiger charge is 2.22. The van der Waals surface area contributed by atoms with Crippen molar-refractivity contribution in [2.75, 3.05) is 18.5 Å². The second kappa shape index (κ2) is 11.3. The number of nitrogens with one attached hydrogen (secondary N) is 1. The number of hydrogen-bond donors (Lipinski definition) is 1. The molecule has 4 rings (SSSR count). The van der Waals surface area contributed by atoms with Gasteiger partial charge in [0.05, 0.1) is 12.2 Å². The average Bonchev–Trinajstić information content (AvgIpc) is 2.86. The Morgan fingerprint density at radius 2 is 1.22 bits per heavy atom. The van der Waals surface area contributed by atoms with Crippen molar-refractivity contribution in [2.24, 2.45) is 0 Å². The van der Waals surface area contributed by atoms with Gasteiger partial charge in [-0.25, -0.2) is 4.79 Å². The van der Waals surface area contributed by atoms with Gasteiger partial charge in [0.25, 0.3) is 0 Å². The second-order valence-electron chi connectivity index (χ2n) is 7.31. The van der Waals surface area contributed by atoms with Gasteiger partial charge in [-0.15, -0.1) is 0 Å². The van der Waals surface area contributed by atoms with Crippen molar-refractivity contribution in [3.05, 3.63) is 121 Å². The zero-order valence-corrected chi connectivity index (χ0v) is 18.7. The third-order valence-electron chi connectivity index (χ3n) is 5.05. The van der Waals surface area contributed by atoms with Crippen molar-refractivity contribution in [3.63, 3.8) is 0 Å². The van der Waals surface area contributed by atoms with Crippen LogP contribution in [0.5, 0.6) is 0 Å². The number of para-hydroxylation sites is 1. The van der Waals surface area contributed by atoms with E-state index in [-0.39, 0.29) is 5.97 Å². The van der Waals surface area contributed by atoms with Gasteiger partial charge in [-0.2, -0.15) is 0 Å². The van der Waals surface area contributed by atoms with E-state index < -0.39 is 7.92 Å². The molecule has 32 heavy (non-hydrogen) atoms. The van der Waals surface area contributed by atoms with E-state index in [2.05, 4.69) is 35.6 Å². The fraction of sp³-hybridized carbons (Fsp3) is 0.107. The minimum Gasteiger partial charge on any atom is -0.462 e. The highest BCUT2D eigenvalue weighted by Crippen LogP contribution is 2.34. The van der Waals surface area contributed by atoms with Gasteiger partial charge < -0.3 is 10.1 Å². The number of rotatable bonds is 9. The molecule has 0 atom stereocenters. The molecule has 3 nitrogen and oxygen atoms in total. The van der Waals surface area contributed by atoms with Crippen molar-refractivity contribution in [1.82, 2.24) is 0 Å². The maximum absolute atomic E-state index is 13.0. The number of esters is 1. The van der Waals surface area contributed by atoms with E-state index in [0.717, 1.165) is 24.0 Å². The number of ether oxygens (including phenoxy) is 1. The largest absolute Gasteiger partial charge is 0.462 e. The van der Waals surface area contributed by atoms with Crippen molar-refractivity contribution in [2.45, 2.75) is 6.42 Å². The fourth-order valence-corrected chi connectivity index (χ4v) is 5.96. The summed E-state index contributed by atoms with van der Waals surface area (Å²) < 4.78 is 5.66. The SMILES string of the molecule is O=C(OCCCNc1ccccc1)c1ccccc1P(c1ccccc1)c1ccccc1. The molecule has 0 heterocycles. The van der Waals surface area contributed by atoms with Gasteiger partial charge in [-0.05, 0) is 48.5 Å². The van der Waals surface area contributed by atoms with Crippen molar-refractivity contribution in [1.29, 1.82) is 0 Å². The summed E-state index contributed by atoms with van der Waals surface area (Å²) in [7, 11) is -0.864. The van der Waals surface area contributed by atoms with Gasteiger partial charge >= 0.3 is 5.97 Å². The Morgan fingerprint density at radius 3 is 1.84 bits per heavy atom. The molecular weight excluding hydrogens is 413 g/mol. The standard InChI is InChI=1S/C28H26NO2P/c30-28(31-22-12-21-29-23-13-4-1-5-14-23)26-19-10-11-20-27(26)32(24-15-6-2-7-16-24)25-17-8-3-9-18-25/h1-11,13-20,29H,12,21-22H2. The van der Waals surface area contributed by atoms with Gasteiger partial charge in [0.15, 0.2) is 0 Å². The first-order valence-electron chi connectivity index (χ1n) is 10.8. The molecule has 0 aromatic heterocycles. The second-order valence-corrected chi connectivity index (χ2v) is 9.49. The third kappa shape index (κ3) is 5.63. The van der Waals surface area contributed by atoms with Crippen LogP contribution in [0.1, 0.15) is 16.8 Å². The molecule has 160 valence electrons. The van der Waals surface area contributed by atoms with E-state index >= 15 is 0 Å². The van der Waals surface area contributed by atoms with Crippen LogP contribution in [0.3, 0.4) is 0 Å². The van der Waals surface area contributed by atoms with E-state index in [9.17, 15) is 4.79 Å². The molecule has 0 fully saturated rings. The van der Waals surface area contributed by atoms with Crippen molar-refractivity contribution in [3.8, 4) is 0 Å². The molecule has 0 saturated heterocycles. The van der Waals surface area contributed by atoms with Crippen LogP contribution >= 0.6 is 7.92 Å². The molecule has 0 saturated carbocycles.